The van der Waals surface area contributed by atoms with Gasteiger partial charge < -0.3 is 0 Å². The summed E-state index contributed by atoms with van der Waals surface area (Å²) in [7, 11) is 0. The molecule has 0 atom stereocenters. The van der Waals surface area contributed by atoms with Gasteiger partial charge in [0.1, 0.15) is 5.82 Å². The molecule has 0 aliphatic rings. The van der Waals surface area contributed by atoms with Gasteiger partial charge in [0.05, 0.1) is 10.5 Å². The number of hydrogen-bond donors (Lipinski definition) is 0. The van der Waals surface area contributed by atoms with Crippen LogP contribution < -0.4 is 0 Å². The summed E-state index contributed by atoms with van der Waals surface area (Å²) in [6, 6.07) is 6.66. The van der Waals surface area contributed by atoms with Crippen molar-refractivity contribution in [3.63, 3.8) is 0 Å². The molecule has 0 amide bonds. The van der Waals surface area contributed by atoms with Crippen molar-refractivity contribution in [3.05, 3.63) is 64.0 Å². The molecule has 3 nitrogen and oxygen atoms in total. The number of hydrogen-bond acceptors (Lipinski definition) is 2. The summed E-state index contributed by atoms with van der Waals surface area (Å²) in [6.45, 7) is 0. The Morgan fingerprint density at radius 2 is 1.75 bits per heavy atom. The Morgan fingerprint density at radius 3 is 2.35 bits per heavy atom. The Labute approximate surface area is 110 Å². The first-order valence-electron chi connectivity index (χ1n) is 5.40. The second kappa shape index (κ2) is 4.92. The van der Waals surface area contributed by atoms with Crippen molar-refractivity contribution in [1.29, 1.82) is 0 Å². The summed E-state index contributed by atoms with van der Waals surface area (Å²) in [5, 5.41) is 10.6. The third-order valence-corrected chi connectivity index (χ3v) is 2.65. The van der Waals surface area contributed by atoms with Crippen LogP contribution in [0.5, 0.6) is 0 Å². The molecule has 2 aromatic rings. The van der Waals surface area contributed by atoms with Crippen LogP contribution >= 0.6 is 0 Å². The zero-order valence-corrected chi connectivity index (χ0v) is 9.82. The topological polar surface area (TPSA) is 43.1 Å². The van der Waals surface area contributed by atoms with Crippen molar-refractivity contribution in [2.45, 2.75) is 6.18 Å². The molecule has 0 saturated carbocycles. The first-order chi connectivity index (χ1) is 9.29. The lowest BCUT2D eigenvalue weighted by Crippen LogP contribution is -2.07. The van der Waals surface area contributed by atoms with E-state index in [2.05, 4.69) is 0 Å². The summed E-state index contributed by atoms with van der Waals surface area (Å²) >= 11 is 0. The zero-order chi connectivity index (χ0) is 14.9. The van der Waals surface area contributed by atoms with E-state index in [0.717, 1.165) is 12.1 Å². The Kier molecular flexibility index (Phi) is 3.44. The first-order valence-corrected chi connectivity index (χ1v) is 5.40. The van der Waals surface area contributed by atoms with Crippen LogP contribution in [0.3, 0.4) is 0 Å². The van der Waals surface area contributed by atoms with Crippen LogP contribution in [0.4, 0.5) is 23.2 Å². The molecule has 2 rings (SSSR count). The molecule has 0 aliphatic carbocycles. The normalized spacial score (nSPS) is 11.4. The zero-order valence-electron chi connectivity index (χ0n) is 9.82. The lowest BCUT2D eigenvalue weighted by molar-refractivity contribution is -0.384. The van der Waals surface area contributed by atoms with E-state index in [1.165, 1.54) is 12.1 Å². The molecule has 0 aliphatic heterocycles. The molecule has 104 valence electrons. The smallest absolute Gasteiger partial charge is 0.258 e. The Hall–Kier alpha value is -2.44. The molecule has 0 heterocycles. The highest BCUT2D eigenvalue weighted by atomic mass is 19.4. The number of nitro groups is 1. The van der Waals surface area contributed by atoms with Crippen LogP contribution in [-0.2, 0) is 6.18 Å². The molecule has 0 fully saturated rings. The fourth-order valence-electron chi connectivity index (χ4n) is 1.79. The predicted octanol–water partition coefficient (Wildman–Crippen LogP) is 4.42. The van der Waals surface area contributed by atoms with Crippen LogP contribution in [0.2, 0.25) is 0 Å². The predicted molar refractivity (Wildman–Crippen MR) is 63.5 cm³/mol. The number of rotatable bonds is 2. The van der Waals surface area contributed by atoms with E-state index in [-0.39, 0.29) is 11.3 Å². The number of halogens is 4. The molecule has 20 heavy (non-hydrogen) atoms. The maximum Gasteiger partial charge on any atom is 0.417 e. The second-order valence-corrected chi connectivity index (χ2v) is 4.00. The molecule has 0 unspecified atom stereocenters. The molecule has 0 bridgehead atoms. The number of alkyl halides is 3. The molecule has 0 spiro atoms. The Morgan fingerprint density at radius 1 is 1.05 bits per heavy atom. The minimum Gasteiger partial charge on any atom is -0.258 e. The molecule has 0 N–H and O–H groups in total. The van der Waals surface area contributed by atoms with Crippen molar-refractivity contribution in [3.8, 4) is 11.1 Å². The fraction of sp³-hybridized carbons (Fsp3) is 0.0769. The van der Waals surface area contributed by atoms with Crippen LogP contribution in [0, 0.1) is 15.9 Å². The van der Waals surface area contributed by atoms with E-state index in [0.29, 0.717) is 18.2 Å². The molecule has 0 saturated heterocycles. The van der Waals surface area contributed by atoms with Crippen LogP contribution in [0.15, 0.2) is 42.5 Å². The Balaban J connectivity index is 2.65. The van der Waals surface area contributed by atoms with Crippen molar-refractivity contribution >= 4 is 5.69 Å². The third kappa shape index (κ3) is 2.76. The van der Waals surface area contributed by atoms with Gasteiger partial charge in [-0.2, -0.15) is 13.2 Å². The van der Waals surface area contributed by atoms with Gasteiger partial charge in [-0.1, -0.05) is 12.1 Å². The summed E-state index contributed by atoms with van der Waals surface area (Å²) in [5.41, 5.74) is -1.90. The van der Waals surface area contributed by atoms with Gasteiger partial charge in [-0.05, 0) is 29.3 Å². The van der Waals surface area contributed by atoms with E-state index in [9.17, 15) is 27.7 Å². The van der Waals surface area contributed by atoms with E-state index < -0.39 is 28.0 Å². The maximum atomic E-state index is 13.2. The highest BCUT2D eigenvalue weighted by Crippen LogP contribution is 2.38. The van der Waals surface area contributed by atoms with E-state index >= 15 is 0 Å². The highest BCUT2D eigenvalue weighted by Gasteiger charge is 2.34. The molecule has 0 radical (unpaired) electrons. The number of benzene rings is 2. The summed E-state index contributed by atoms with van der Waals surface area (Å²) in [5.74, 6) is -0.848. The lowest BCUT2D eigenvalue weighted by atomic mass is 9.98. The summed E-state index contributed by atoms with van der Waals surface area (Å²) in [4.78, 5) is 9.92. The third-order valence-electron chi connectivity index (χ3n) is 2.65. The minimum atomic E-state index is -4.67. The molecule has 0 aromatic heterocycles. The van der Waals surface area contributed by atoms with Gasteiger partial charge in [-0.25, -0.2) is 4.39 Å². The largest absolute Gasteiger partial charge is 0.417 e. The van der Waals surface area contributed by atoms with Crippen molar-refractivity contribution in [1.82, 2.24) is 0 Å². The summed E-state index contributed by atoms with van der Waals surface area (Å²) < 4.78 is 51.8. The highest BCUT2D eigenvalue weighted by molar-refractivity contribution is 5.70. The van der Waals surface area contributed by atoms with Crippen LogP contribution in [0.1, 0.15) is 5.56 Å². The first kappa shape index (κ1) is 14.0. The number of nitrogens with zero attached hydrogens (tertiary/aromatic N) is 1. The molecular weight excluding hydrogens is 278 g/mol. The molecular formula is C13H7F4NO2. The van der Waals surface area contributed by atoms with Crippen molar-refractivity contribution < 1.29 is 22.5 Å². The van der Waals surface area contributed by atoms with Crippen molar-refractivity contribution in [2.24, 2.45) is 0 Å². The summed E-state index contributed by atoms with van der Waals surface area (Å²) in [6.07, 6.45) is -4.67. The minimum absolute atomic E-state index is 0.0639. The maximum absolute atomic E-state index is 13.2. The quantitative estimate of drug-likeness (QED) is 0.465. The molecule has 2 aromatic carbocycles. The van der Waals surface area contributed by atoms with Crippen molar-refractivity contribution in [2.75, 3.05) is 0 Å². The van der Waals surface area contributed by atoms with Gasteiger partial charge in [0.25, 0.3) is 5.69 Å². The van der Waals surface area contributed by atoms with E-state index in [4.69, 9.17) is 0 Å². The SMILES string of the molecule is O=[N+]([O-])c1cccc(-c2cc(F)ccc2C(F)(F)F)c1. The average molecular weight is 285 g/mol. The average Bonchev–Trinajstić information content (AvgIpc) is 2.37. The van der Waals surface area contributed by atoms with E-state index in [1.807, 2.05) is 0 Å². The number of non-ortho nitro benzene ring substituents is 1. The standard InChI is InChI=1S/C13H7F4NO2/c14-9-4-5-12(13(15,16)17)11(7-9)8-2-1-3-10(6-8)18(19)20/h1-7H. The monoisotopic (exact) mass is 285 g/mol. The van der Waals surface area contributed by atoms with Gasteiger partial charge in [0, 0.05) is 12.1 Å². The fourth-order valence-corrected chi connectivity index (χ4v) is 1.79. The van der Waals surface area contributed by atoms with Gasteiger partial charge in [-0.3, -0.25) is 10.1 Å². The van der Waals surface area contributed by atoms with Crippen LogP contribution in [0.25, 0.3) is 11.1 Å². The molecule has 7 heteroatoms. The lowest BCUT2D eigenvalue weighted by Gasteiger charge is -2.13. The second-order valence-electron chi connectivity index (χ2n) is 4.00. The van der Waals surface area contributed by atoms with Gasteiger partial charge in [0.2, 0.25) is 0 Å². The van der Waals surface area contributed by atoms with Gasteiger partial charge in [-0.15, -0.1) is 0 Å². The van der Waals surface area contributed by atoms with Gasteiger partial charge in [0.15, 0.2) is 0 Å². The van der Waals surface area contributed by atoms with Crippen LogP contribution in [-0.4, -0.2) is 4.92 Å². The van der Waals surface area contributed by atoms with E-state index in [1.54, 1.807) is 0 Å². The number of nitro benzene ring substituents is 1. The Bertz CT molecular complexity index is 668. The van der Waals surface area contributed by atoms with Gasteiger partial charge >= 0.3 is 6.18 Å².